The van der Waals surface area contributed by atoms with Crippen molar-refractivity contribution >= 4 is 50.3 Å². The Hall–Kier alpha value is -1.95. The van der Waals surface area contributed by atoms with E-state index in [4.69, 9.17) is 16.3 Å². The van der Waals surface area contributed by atoms with Crippen LogP contribution in [0.15, 0.2) is 28.6 Å². The number of halogens is 2. The van der Waals surface area contributed by atoms with Gasteiger partial charge in [0, 0.05) is 17.6 Å². The summed E-state index contributed by atoms with van der Waals surface area (Å²) in [6.07, 6.45) is 4.38. The monoisotopic (exact) mass is 490 g/mol. The summed E-state index contributed by atoms with van der Waals surface area (Å²) < 4.78 is 47.5. The van der Waals surface area contributed by atoms with E-state index in [2.05, 4.69) is 15.0 Å². The Morgan fingerprint density at radius 2 is 2.06 bits per heavy atom. The van der Waals surface area contributed by atoms with Crippen LogP contribution in [0.3, 0.4) is 0 Å². The van der Waals surface area contributed by atoms with Gasteiger partial charge in [-0.2, -0.15) is 0 Å². The van der Waals surface area contributed by atoms with Crippen LogP contribution in [0.25, 0.3) is 0 Å². The Morgan fingerprint density at radius 3 is 2.71 bits per heavy atom. The molecule has 12 heteroatoms. The molecule has 2 N–H and O–H groups in total. The number of aromatic nitrogens is 1. The summed E-state index contributed by atoms with van der Waals surface area (Å²) in [5.74, 6) is -0.938. The van der Waals surface area contributed by atoms with Gasteiger partial charge in [0.25, 0.3) is 16.5 Å². The minimum absolute atomic E-state index is 0.0653. The average molecular weight is 491 g/mol. The van der Waals surface area contributed by atoms with Gasteiger partial charge in [0.15, 0.2) is 5.13 Å². The van der Waals surface area contributed by atoms with Crippen molar-refractivity contribution in [3.05, 3.63) is 34.5 Å². The van der Waals surface area contributed by atoms with Crippen molar-refractivity contribution < 1.29 is 22.3 Å². The Kier molecular flexibility index (Phi) is 7.73. The highest BCUT2D eigenvalue weighted by Gasteiger charge is 2.35. The zero-order valence-electron chi connectivity index (χ0n) is 17.0. The number of thiazole rings is 1. The number of nitrogens with zero attached hydrogens (tertiary/aromatic N) is 2. The molecule has 1 unspecified atom stereocenters. The quantitative estimate of drug-likeness (QED) is 0.431. The van der Waals surface area contributed by atoms with E-state index in [1.54, 1.807) is 5.38 Å². The van der Waals surface area contributed by atoms with Crippen molar-refractivity contribution in [3.8, 4) is 0 Å². The summed E-state index contributed by atoms with van der Waals surface area (Å²) in [6, 6.07) is 1.80. The SMILES string of the molecule is CN(C)[C@@H]1C(OC=O)CCCC[C@H]1Nc1cc(F)c(S(=O)(=O)Nc2nccs2)cc1Cl. The van der Waals surface area contributed by atoms with Gasteiger partial charge in [-0.25, -0.2) is 17.8 Å². The molecule has 0 radical (unpaired) electrons. The lowest BCUT2D eigenvalue weighted by atomic mass is 9.99. The summed E-state index contributed by atoms with van der Waals surface area (Å²) >= 11 is 7.42. The normalized spacial score (nSPS) is 22.0. The minimum Gasteiger partial charge on any atom is -0.463 e. The largest absolute Gasteiger partial charge is 0.463 e. The fourth-order valence-corrected chi connectivity index (χ4v) is 6.03. The maximum absolute atomic E-state index is 14.8. The number of sulfonamides is 1. The average Bonchev–Trinajstić information content (AvgIpc) is 3.10. The number of anilines is 2. The van der Waals surface area contributed by atoms with Crippen molar-refractivity contribution in [1.82, 2.24) is 9.88 Å². The number of benzene rings is 1. The highest BCUT2D eigenvalue weighted by Crippen LogP contribution is 2.33. The first-order valence-electron chi connectivity index (χ1n) is 9.66. The summed E-state index contributed by atoms with van der Waals surface area (Å²) in [4.78, 5) is 16.2. The van der Waals surface area contributed by atoms with Crippen molar-refractivity contribution in [3.63, 3.8) is 0 Å². The van der Waals surface area contributed by atoms with E-state index in [1.165, 1.54) is 6.20 Å². The molecule has 2 aromatic rings. The first-order chi connectivity index (χ1) is 14.7. The van der Waals surface area contributed by atoms with Crippen LogP contribution >= 0.6 is 22.9 Å². The van der Waals surface area contributed by atoms with E-state index in [0.717, 1.165) is 49.2 Å². The van der Waals surface area contributed by atoms with E-state index < -0.39 is 20.7 Å². The molecule has 3 rings (SSSR count). The van der Waals surface area contributed by atoms with Gasteiger partial charge >= 0.3 is 0 Å². The molecule has 1 aromatic heterocycles. The molecule has 1 aliphatic rings. The zero-order valence-corrected chi connectivity index (χ0v) is 19.4. The molecule has 8 nitrogen and oxygen atoms in total. The van der Waals surface area contributed by atoms with Gasteiger partial charge in [0.2, 0.25) is 0 Å². The van der Waals surface area contributed by atoms with Crippen LogP contribution in [0.2, 0.25) is 5.02 Å². The molecular formula is C19H24ClFN4O4S2. The third-order valence-electron chi connectivity index (χ3n) is 5.18. The summed E-state index contributed by atoms with van der Waals surface area (Å²) in [5, 5.41) is 5.04. The van der Waals surface area contributed by atoms with Crippen LogP contribution in [-0.4, -0.2) is 57.1 Å². The molecule has 1 aliphatic carbocycles. The molecule has 1 saturated carbocycles. The van der Waals surface area contributed by atoms with Gasteiger partial charge in [-0.3, -0.25) is 9.52 Å². The predicted molar refractivity (Wildman–Crippen MR) is 119 cm³/mol. The molecule has 1 fully saturated rings. The molecular weight excluding hydrogens is 467 g/mol. The van der Waals surface area contributed by atoms with Gasteiger partial charge in [-0.1, -0.05) is 18.0 Å². The van der Waals surface area contributed by atoms with Gasteiger partial charge < -0.3 is 15.0 Å². The lowest BCUT2D eigenvalue weighted by Gasteiger charge is -2.36. The number of rotatable bonds is 8. The van der Waals surface area contributed by atoms with Crippen LogP contribution in [0.4, 0.5) is 15.2 Å². The summed E-state index contributed by atoms with van der Waals surface area (Å²) in [5.41, 5.74) is 0.274. The number of hydrogen-bond acceptors (Lipinski definition) is 8. The molecule has 1 heterocycles. The van der Waals surface area contributed by atoms with Crippen LogP contribution in [0.5, 0.6) is 0 Å². The second-order valence-corrected chi connectivity index (χ2v) is 10.4. The number of hydrogen-bond donors (Lipinski definition) is 2. The highest BCUT2D eigenvalue weighted by molar-refractivity contribution is 7.93. The van der Waals surface area contributed by atoms with Crippen molar-refractivity contribution in [2.24, 2.45) is 0 Å². The molecule has 0 aliphatic heterocycles. The standard InChI is InChI=1S/C19H24ClFN4O4S2/c1-25(2)18-14(5-3-4-6-16(18)29-11-26)23-15-10-13(21)17(9-12(15)20)31(27,28)24-19-22-7-8-30-19/h7-11,14,16,18,23H,3-6H2,1-2H3,(H,22,24)/t14-,16?,18+/m1/s1. The number of carbonyl (C=O) groups is 1. The molecule has 0 spiro atoms. The van der Waals surface area contributed by atoms with E-state index in [0.29, 0.717) is 6.47 Å². The van der Waals surface area contributed by atoms with Gasteiger partial charge in [0.05, 0.1) is 16.8 Å². The highest BCUT2D eigenvalue weighted by atomic mass is 35.5. The minimum atomic E-state index is -4.19. The molecule has 0 amide bonds. The maximum Gasteiger partial charge on any atom is 0.293 e. The fraction of sp³-hybridized carbons (Fsp3) is 0.474. The summed E-state index contributed by atoms with van der Waals surface area (Å²) in [7, 11) is -0.423. The number of nitrogens with one attached hydrogen (secondary N) is 2. The third-order valence-corrected chi connectivity index (χ3v) is 7.66. The first kappa shape index (κ1) is 23.7. The Labute approximate surface area is 189 Å². The molecule has 0 bridgehead atoms. The molecule has 31 heavy (non-hydrogen) atoms. The second kappa shape index (κ2) is 10.1. The van der Waals surface area contributed by atoms with Crippen molar-refractivity contribution in [1.29, 1.82) is 0 Å². The van der Waals surface area contributed by atoms with Crippen molar-refractivity contribution in [2.45, 2.75) is 48.8 Å². The molecule has 3 atom stereocenters. The lowest BCUT2D eigenvalue weighted by molar-refractivity contribution is -0.137. The van der Waals surface area contributed by atoms with Gasteiger partial charge in [0.1, 0.15) is 16.8 Å². The van der Waals surface area contributed by atoms with Gasteiger partial charge in [-0.15, -0.1) is 11.3 Å². The van der Waals surface area contributed by atoms with E-state index in [9.17, 15) is 17.6 Å². The number of carbonyl (C=O) groups excluding carboxylic acids is 1. The molecule has 0 saturated heterocycles. The van der Waals surface area contributed by atoms with Crippen LogP contribution in [-0.2, 0) is 19.6 Å². The second-order valence-electron chi connectivity index (χ2n) is 7.47. The maximum atomic E-state index is 14.8. The molecule has 170 valence electrons. The first-order valence-corrected chi connectivity index (χ1v) is 12.4. The van der Waals surface area contributed by atoms with Crippen LogP contribution in [0, 0.1) is 5.82 Å². The van der Waals surface area contributed by atoms with Gasteiger partial charge in [-0.05, 0) is 45.5 Å². The number of likely N-dealkylation sites (N-methyl/N-ethyl adjacent to an activating group) is 1. The van der Waals surface area contributed by atoms with Crippen LogP contribution in [0.1, 0.15) is 25.7 Å². The van der Waals surface area contributed by atoms with Crippen LogP contribution < -0.4 is 10.0 Å². The van der Waals surface area contributed by atoms with E-state index in [-0.39, 0.29) is 34.0 Å². The van der Waals surface area contributed by atoms with Crippen molar-refractivity contribution in [2.75, 3.05) is 24.1 Å². The smallest absolute Gasteiger partial charge is 0.293 e. The topological polar surface area (TPSA) is 101 Å². The Bertz CT molecular complexity index is 1000. The lowest BCUT2D eigenvalue weighted by Crippen LogP contribution is -2.50. The predicted octanol–water partition coefficient (Wildman–Crippen LogP) is 3.56. The Balaban J connectivity index is 1.87. The summed E-state index contributed by atoms with van der Waals surface area (Å²) in [6.45, 7) is 0.450. The Morgan fingerprint density at radius 1 is 1.32 bits per heavy atom. The molecule has 1 aromatic carbocycles. The fourth-order valence-electron chi connectivity index (χ4n) is 3.87. The third kappa shape index (κ3) is 5.65. The van der Waals surface area contributed by atoms with E-state index in [1.807, 2.05) is 19.0 Å². The number of ether oxygens (including phenoxy) is 1. The van der Waals surface area contributed by atoms with E-state index >= 15 is 0 Å². The zero-order chi connectivity index (χ0) is 22.6.